The fourth-order valence-electron chi connectivity index (χ4n) is 3.75. The van der Waals surface area contributed by atoms with Gasteiger partial charge < -0.3 is 10.6 Å². The molecule has 20 heavy (non-hydrogen) atoms. The van der Waals surface area contributed by atoms with Gasteiger partial charge in [0.2, 0.25) is 0 Å². The van der Waals surface area contributed by atoms with E-state index < -0.39 is 0 Å². The molecule has 0 aromatic heterocycles. The first-order valence-electron chi connectivity index (χ1n) is 7.66. The predicted molar refractivity (Wildman–Crippen MR) is 86.1 cm³/mol. The summed E-state index contributed by atoms with van der Waals surface area (Å²) in [6, 6.07) is 5.47. The molecule has 1 saturated heterocycles. The first kappa shape index (κ1) is 15.5. The maximum Gasteiger partial charge on any atom is 0.0479 e. The number of benzene rings is 1. The Hall–Kier alpha value is -0.900. The molecule has 1 heterocycles. The van der Waals surface area contributed by atoms with Crippen LogP contribution < -0.4 is 5.73 Å². The molecule has 0 saturated carbocycles. The number of hydrogen-bond acceptors (Lipinski definition) is 3. The van der Waals surface area contributed by atoms with Crippen molar-refractivity contribution in [2.75, 3.05) is 33.2 Å². The number of aryl methyl sites for hydroxylation is 3. The molecule has 0 bridgehead atoms. The fourth-order valence-corrected chi connectivity index (χ4v) is 3.75. The molecule has 1 aliphatic heterocycles. The number of hydrogen-bond donors (Lipinski definition) is 1. The standard InChI is InChI=1S/C17H29N3/c1-12-8-13(2)17(14(3)9-12)16(10-18)20-7-6-19(5)11-15(20)4/h8-9,15-16H,6-7,10-11,18H2,1-5H3. The van der Waals surface area contributed by atoms with E-state index >= 15 is 0 Å². The Labute approximate surface area is 123 Å². The first-order valence-corrected chi connectivity index (χ1v) is 7.66. The molecule has 2 atom stereocenters. The summed E-state index contributed by atoms with van der Waals surface area (Å²) >= 11 is 0. The molecular formula is C17H29N3. The second-order valence-electron chi connectivity index (χ2n) is 6.41. The number of nitrogens with two attached hydrogens (primary N) is 1. The summed E-state index contributed by atoms with van der Waals surface area (Å²) in [4.78, 5) is 4.99. The maximum absolute atomic E-state index is 6.15. The Morgan fingerprint density at radius 2 is 1.80 bits per heavy atom. The summed E-state index contributed by atoms with van der Waals surface area (Å²) < 4.78 is 0. The zero-order valence-corrected chi connectivity index (χ0v) is 13.6. The van der Waals surface area contributed by atoms with Crippen LogP contribution in [0.4, 0.5) is 0 Å². The van der Waals surface area contributed by atoms with Gasteiger partial charge >= 0.3 is 0 Å². The summed E-state index contributed by atoms with van der Waals surface area (Å²) in [7, 11) is 2.20. The van der Waals surface area contributed by atoms with E-state index in [1.165, 1.54) is 22.3 Å². The normalized spacial score (nSPS) is 23.0. The third kappa shape index (κ3) is 3.05. The van der Waals surface area contributed by atoms with Gasteiger partial charge in [0.15, 0.2) is 0 Å². The van der Waals surface area contributed by atoms with Crippen LogP contribution in [0.1, 0.15) is 35.2 Å². The van der Waals surface area contributed by atoms with Crippen LogP contribution in [-0.2, 0) is 0 Å². The van der Waals surface area contributed by atoms with Gasteiger partial charge in [0.1, 0.15) is 0 Å². The van der Waals surface area contributed by atoms with Crippen molar-refractivity contribution in [1.29, 1.82) is 0 Å². The molecule has 1 fully saturated rings. The zero-order valence-electron chi connectivity index (χ0n) is 13.6. The van der Waals surface area contributed by atoms with Gasteiger partial charge in [-0.3, -0.25) is 4.90 Å². The van der Waals surface area contributed by atoms with Crippen LogP contribution in [0.2, 0.25) is 0 Å². The highest BCUT2D eigenvalue weighted by molar-refractivity contribution is 5.40. The number of nitrogens with zero attached hydrogens (tertiary/aromatic N) is 2. The molecule has 112 valence electrons. The molecule has 1 aromatic carbocycles. The lowest BCUT2D eigenvalue weighted by Crippen LogP contribution is -2.53. The summed E-state index contributed by atoms with van der Waals surface area (Å²) in [5.74, 6) is 0. The molecule has 2 N–H and O–H groups in total. The second-order valence-corrected chi connectivity index (χ2v) is 6.41. The van der Waals surface area contributed by atoms with Gasteiger partial charge in [-0.15, -0.1) is 0 Å². The Balaban J connectivity index is 2.33. The predicted octanol–water partition coefficient (Wildman–Crippen LogP) is 2.25. The molecule has 2 rings (SSSR count). The summed E-state index contributed by atoms with van der Waals surface area (Å²) in [6.45, 7) is 13.0. The third-order valence-corrected chi connectivity index (χ3v) is 4.58. The Morgan fingerprint density at radius 3 is 2.30 bits per heavy atom. The monoisotopic (exact) mass is 275 g/mol. The van der Waals surface area contributed by atoms with Crippen LogP contribution in [0.5, 0.6) is 0 Å². The molecule has 1 aromatic rings. The van der Waals surface area contributed by atoms with Crippen molar-refractivity contribution in [3.63, 3.8) is 0 Å². The minimum Gasteiger partial charge on any atom is -0.329 e. The van der Waals surface area contributed by atoms with Crippen LogP contribution >= 0.6 is 0 Å². The molecule has 3 nitrogen and oxygen atoms in total. The first-order chi connectivity index (χ1) is 9.43. The lowest BCUT2D eigenvalue weighted by Gasteiger charge is -2.43. The van der Waals surface area contributed by atoms with Crippen molar-refractivity contribution in [3.05, 3.63) is 34.4 Å². The molecule has 3 heteroatoms. The van der Waals surface area contributed by atoms with E-state index in [0.29, 0.717) is 18.6 Å². The van der Waals surface area contributed by atoms with Crippen LogP contribution in [0.15, 0.2) is 12.1 Å². The van der Waals surface area contributed by atoms with Gasteiger partial charge in [-0.25, -0.2) is 0 Å². The smallest absolute Gasteiger partial charge is 0.0479 e. The van der Waals surface area contributed by atoms with Crippen molar-refractivity contribution < 1.29 is 0 Å². The van der Waals surface area contributed by atoms with Crippen molar-refractivity contribution >= 4 is 0 Å². The van der Waals surface area contributed by atoms with Crippen LogP contribution in [-0.4, -0.2) is 49.1 Å². The topological polar surface area (TPSA) is 32.5 Å². The fraction of sp³-hybridized carbons (Fsp3) is 0.647. The lowest BCUT2D eigenvalue weighted by atomic mass is 9.92. The zero-order chi connectivity index (χ0) is 14.9. The van der Waals surface area contributed by atoms with Gasteiger partial charge in [-0.1, -0.05) is 17.7 Å². The Morgan fingerprint density at radius 1 is 1.20 bits per heavy atom. The van der Waals surface area contributed by atoms with Crippen molar-refractivity contribution in [2.24, 2.45) is 5.73 Å². The molecular weight excluding hydrogens is 246 g/mol. The van der Waals surface area contributed by atoms with Gasteiger partial charge in [0.25, 0.3) is 0 Å². The highest BCUT2D eigenvalue weighted by Crippen LogP contribution is 2.30. The van der Waals surface area contributed by atoms with Crippen LogP contribution in [0.25, 0.3) is 0 Å². The van der Waals surface area contributed by atoms with E-state index in [-0.39, 0.29) is 0 Å². The summed E-state index contributed by atoms with van der Waals surface area (Å²) in [5.41, 5.74) is 11.7. The summed E-state index contributed by atoms with van der Waals surface area (Å²) in [5, 5.41) is 0. The molecule has 1 aliphatic rings. The Kier molecular flexibility index (Phi) is 4.84. The van der Waals surface area contributed by atoms with Gasteiger partial charge in [-0.05, 0) is 51.4 Å². The lowest BCUT2D eigenvalue weighted by molar-refractivity contribution is 0.0631. The van der Waals surface area contributed by atoms with E-state index in [0.717, 1.165) is 19.6 Å². The SMILES string of the molecule is Cc1cc(C)c(C(CN)N2CCN(C)CC2C)c(C)c1. The van der Waals surface area contributed by atoms with E-state index in [1.807, 2.05) is 0 Å². The largest absolute Gasteiger partial charge is 0.329 e. The van der Waals surface area contributed by atoms with Crippen molar-refractivity contribution in [3.8, 4) is 0 Å². The molecule has 0 radical (unpaired) electrons. The Bertz CT molecular complexity index is 446. The van der Waals surface area contributed by atoms with Crippen LogP contribution in [0, 0.1) is 20.8 Å². The average Bonchev–Trinajstić information content (AvgIpc) is 2.34. The quantitative estimate of drug-likeness (QED) is 0.918. The second kappa shape index (κ2) is 6.25. The minimum absolute atomic E-state index is 0.347. The van der Waals surface area contributed by atoms with Gasteiger partial charge in [0, 0.05) is 38.3 Å². The molecule has 0 spiro atoms. The van der Waals surface area contributed by atoms with E-state index in [2.05, 4.69) is 56.7 Å². The highest BCUT2D eigenvalue weighted by atomic mass is 15.3. The minimum atomic E-state index is 0.347. The maximum atomic E-state index is 6.15. The molecule has 0 aliphatic carbocycles. The summed E-state index contributed by atoms with van der Waals surface area (Å²) in [6.07, 6.45) is 0. The molecule has 0 amide bonds. The average molecular weight is 275 g/mol. The number of likely N-dealkylation sites (N-methyl/N-ethyl adjacent to an activating group) is 1. The van der Waals surface area contributed by atoms with Gasteiger partial charge in [-0.2, -0.15) is 0 Å². The molecule has 2 unspecified atom stereocenters. The third-order valence-electron chi connectivity index (χ3n) is 4.58. The van der Waals surface area contributed by atoms with Crippen LogP contribution in [0.3, 0.4) is 0 Å². The van der Waals surface area contributed by atoms with Crippen molar-refractivity contribution in [1.82, 2.24) is 9.80 Å². The van der Waals surface area contributed by atoms with Gasteiger partial charge in [0.05, 0.1) is 0 Å². The van der Waals surface area contributed by atoms with E-state index in [1.54, 1.807) is 0 Å². The van der Waals surface area contributed by atoms with E-state index in [4.69, 9.17) is 5.73 Å². The number of rotatable bonds is 3. The van der Waals surface area contributed by atoms with E-state index in [9.17, 15) is 0 Å². The van der Waals surface area contributed by atoms with Crippen molar-refractivity contribution in [2.45, 2.75) is 39.8 Å². The highest BCUT2D eigenvalue weighted by Gasteiger charge is 2.29. The number of piperazine rings is 1.